The first-order chi connectivity index (χ1) is 11.3. The van der Waals surface area contributed by atoms with Gasteiger partial charge in [0.2, 0.25) is 0 Å². The van der Waals surface area contributed by atoms with Gasteiger partial charge in [0.25, 0.3) is 5.91 Å². The Morgan fingerprint density at radius 2 is 1.60 bits per heavy atom. The lowest BCUT2D eigenvalue weighted by Gasteiger charge is -2.28. The first kappa shape index (κ1) is 19.0. The molecule has 1 aliphatic heterocycles. The van der Waals surface area contributed by atoms with E-state index in [4.69, 9.17) is 5.73 Å². The monoisotopic (exact) mass is 344 g/mol. The van der Waals surface area contributed by atoms with E-state index in [2.05, 4.69) is 0 Å². The zero-order valence-corrected chi connectivity index (χ0v) is 15.9. The average Bonchev–Trinajstić information content (AvgIpc) is 2.79. The van der Waals surface area contributed by atoms with Gasteiger partial charge in [0, 0.05) is 23.2 Å². The number of primary amides is 1. The Balaban J connectivity index is 2.58. The predicted molar refractivity (Wildman–Crippen MR) is 99.4 cm³/mol. The van der Waals surface area contributed by atoms with Crippen LogP contribution in [0.1, 0.15) is 64.7 Å². The van der Waals surface area contributed by atoms with Crippen LogP contribution in [0, 0.1) is 0 Å². The Morgan fingerprint density at radius 3 is 1.96 bits per heavy atom. The summed E-state index contributed by atoms with van der Waals surface area (Å²) in [6.45, 7) is 12.6. The number of carbonyl (C=O) groups excluding carboxylic acids is 2. The summed E-state index contributed by atoms with van der Waals surface area (Å²) in [6, 6.07) is 3.11. The van der Waals surface area contributed by atoms with Gasteiger partial charge in [0.05, 0.1) is 0 Å². The van der Waals surface area contributed by atoms with Crippen molar-refractivity contribution in [2.45, 2.75) is 58.8 Å². The van der Waals surface area contributed by atoms with Crippen LogP contribution in [0.25, 0.3) is 6.08 Å². The van der Waals surface area contributed by atoms with Crippen molar-refractivity contribution in [3.63, 3.8) is 0 Å². The van der Waals surface area contributed by atoms with Crippen molar-refractivity contribution >= 4 is 18.0 Å². The van der Waals surface area contributed by atoms with E-state index in [0.29, 0.717) is 24.3 Å². The van der Waals surface area contributed by atoms with E-state index >= 15 is 0 Å². The molecule has 1 saturated heterocycles. The third-order valence-corrected chi connectivity index (χ3v) is 4.48. The number of amides is 3. The lowest BCUT2D eigenvalue weighted by molar-refractivity contribution is -0.122. The highest BCUT2D eigenvalue weighted by molar-refractivity contribution is 6.08. The standard InChI is InChI=1S/C20H28N2O3/c1-19(2,3)14-10-12(11-15(16(14)23)20(4,5)6)9-13-7-8-22(17(13)24)18(21)25/h9-11,23H,7-8H2,1-6H3,(H2,21,25)/b13-9-. The molecule has 3 N–H and O–H groups in total. The largest absolute Gasteiger partial charge is 0.507 e. The zero-order valence-electron chi connectivity index (χ0n) is 15.9. The number of aromatic hydroxyl groups is 1. The highest BCUT2D eigenvalue weighted by Gasteiger charge is 2.30. The van der Waals surface area contributed by atoms with Gasteiger partial charge in [0.1, 0.15) is 5.75 Å². The van der Waals surface area contributed by atoms with Crippen LogP contribution in [0.3, 0.4) is 0 Å². The maximum atomic E-state index is 12.3. The van der Waals surface area contributed by atoms with Crippen molar-refractivity contribution in [1.82, 2.24) is 4.90 Å². The fourth-order valence-corrected chi connectivity index (χ4v) is 3.04. The molecule has 3 amide bonds. The molecule has 5 heteroatoms. The number of phenolic OH excluding ortho intramolecular Hbond substituents is 1. The van der Waals surface area contributed by atoms with Crippen LogP contribution in [-0.2, 0) is 15.6 Å². The molecule has 1 aromatic rings. The Labute approximate surface area is 149 Å². The van der Waals surface area contributed by atoms with Gasteiger partial charge in [-0.1, -0.05) is 41.5 Å². The molecule has 1 fully saturated rings. The highest BCUT2D eigenvalue weighted by Crippen LogP contribution is 2.40. The van der Waals surface area contributed by atoms with Gasteiger partial charge in [-0.05, 0) is 41.0 Å². The average molecular weight is 344 g/mol. The lowest BCUT2D eigenvalue weighted by Crippen LogP contribution is -2.36. The molecule has 5 nitrogen and oxygen atoms in total. The summed E-state index contributed by atoms with van der Waals surface area (Å²) in [4.78, 5) is 24.6. The Kier molecular flexibility index (Phi) is 4.73. The summed E-state index contributed by atoms with van der Waals surface area (Å²) in [6.07, 6.45) is 2.29. The number of phenols is 1. The Morgan fingerprint density at radius 1 is 1.12 bits per heavy atom. The molecule has 2 rings (SSSR count). The summed E-state index contributed by atoms with van der Waals surface area (Å²) in [5.74, 6) is -0.0335. The van der Waals surface area contributed by atoms with E-state index in [1.54, 1.807) is 6.08 Å². The number of urea groups is 1. The van der Waals surface area contributed by atoms with Crippen molar-refractivity contribution in [1.29, 1.82) is 0 Å². The highest BCUT2D eigenvalue weighted by atomic mass is 16.3. The molecule has 0 atom stereocenters. The smallest absolute Gasteiger partial charge is 0.321 e. The minimum Gasteiger partial charge on any atom is -0.507 e. The van der Waals surface area contributed by atoms with Crippen LogP contribution in [0.5, 0.6) is 5.75 Å². The number of likely N-dealkylation sites (tertiary alicyclic amines) is 1. The second-order valence-corrected chi connectivity index (χ2v) is 8.68. The molecule has 136 valence electrons. The molecule has 0 unspecified atom stereocenters. The van der Waals surface area contributed by atoms with E-state index in [9.17, 15) is 14.7 Å². The third kappa shape index (κ3) is 3.86. The molecule has 1 aromatic carbocycles. The maximum Gasteiger partial charge on any atom is 0.321 e. The van der Waals surface area contributed by atoms with Gasteiger partial charge in [-0.2, -0.15) is 0 Å². The molecule has 0 bridgehead atoms. The topological polar surface area (TPSA) is 83.6 Å². The summed E-state index contributed by atoms with van der Waals surface area (Å²) in [5.41, 5.74) is 7.84. The van der Waals surface area contributed by atoms with E-state index in [1.165, 1.54) is 0 Å². The van der Waals surface area contributed by atoms with E-state index in [-0.39, 0.29) is 16.7 Å². The number of imide groups is 1. The van der Waals surface area contributed by atoms with Crippen LogP contribution < -0.4 is 5.73 Å². The van der Waals surface area contributed by atoms with Crippen molar-refractivity contribution < 1.29 is 14.7 Å². The van der Waals surface area contributed by atoms with Crippen LogP contribution >= 0.6 is 0 Å². The van der Waals surface area contributed by atoms with E-state index in [0.717, 1.165) is 21.6 Å². The maximum absolute atomic E-state index is 12.3. The summed E-state index contributed by atoms with van der Waals surface area (Å²) in [5, 5.41) is 10.8. The molecule has 0 saturated carbocycles. The second kappa shape index (κ2) is 6.21. The van der Waals surface area contributed by atoms with Crippen molar-refractivity contribution in [2.75, 3.05) is 6.54 Å². The fourth-order valence-electron chi connectivity index (χ4n) is 3.04. The van der Waals surface area contributed by atoms with Gasteiger partial charge >= 0.3 is 6.03 Å². The molecule has 0 aliphatic carbocycles. The Bertz CT molecular complexity index is 714. The molecule has 0 aromatic heterocycles. The minimum absolute atomic E-state index is 0.239. The SMILES string of the molecule is CC(C)(C)c1cc(/C=C2/CCN(C(N)=O)C2=O)cc(C(C)(C)C)c1O. The van der Waals surface area contributed by atoms with E-state index in [1.807, 2.05) is 53.7 Å². The van der Waals surface area contributed by atoms with Crippen LogP contribution in [-0.4, -0.2) is 28.5 Å². The predicted octanol–water partition coefficient (Wildman–Crippen LogP) is 3.68. The molecular formula is C20H28N2O3. The van der Waals surface area contributed by atoms with Gasteiger partial charge in [-0.3, -0.25) is 9.69 Å². The number of rotatable bonds is 1. The minimum atomic E-state index is -0.718. The molecule has 1 heterocycles. The normalized spacial score (nSPS) is 17.4. The molecule has 0 radical (unpaired) electrons. The molecule has 1 aliphatic rings. The quantitative estimate of drug-likeness (QED) is 0.762. The fraction of sp³-hybridized carbons (Fsp3) is 0.500. The van der Waals surface area contributed by atoms with Crippen LogP contribution in [0.2, 0.25) is 0 Å². The Hall–Kier alpha value is -2.30. The lowest BCUT2D eigenvalue weighted by atomic mass is 9.78. The molecule has 25 heavy (non-hydrogen) atoms. The third-order valence-electron chi connectivity index (χ3n) is 4.48. The number of hydrogen-bond donors (Lipinski definition) is 2. The molecule has 0 spiro atoms. The summed E-state index contributed by atoms with van der Waals surface area (Å²) >= 11 is 0. The van der Waals surface area contributed by atoms with Crippen molar-refractivity contribution in [2.24, 2.45) is 5.73 Å². The van der Waals surface area contributed by atoms with Crippen LogP contribution in [0.4, 0.5) is 4.79 Å². The number of nitrogens with two attached hydrogens (primary N) is 1. The number of hydrogen-bond acceptors (Lipinski definition) is 3. The first-order valence-corrected chi connectivity index (χ1v) is 8.52. The first-order valence-electron chi connectivity index (χ1n) is 8.52. The van der Waals surface area contributed by atoms with Gasteiger partial charge < -0.3 is 10.8 Å². The number of benzene rings is 1. The zero-order chi connectivity index (χ0) is 19.2. The molecular weight excluding hydrogens is 316 g/mol. The van der Waals surface area contributed by atoms with E-state index < -0.39 is 6.03 Å². The van der Waals surface area contributed by atoms with Gasteiger partial charge in [-0.25, -0.2) is 4.79 Å². The van der Waals surface area contributed by atoms with Gasteiger partial charge in [0.15, 0.2) is 0 Å². The number of nitrogens with zero attached hydrogens (tertiary/aromatic N) is 1. The summed E-state index contributed by atoms with van der Waals surface area (Å²) < 4.78 is 0. The van der Waals surface area contributed by atoms with Crippen LogP contribution in [0.15, 0.2) is 17.7 Å². The van der Waals surface area contributed by atoms with Crippen molar-refractivity contribution in [3.8, 4) is 5.75 Å². The summed E-state index contributed by atoms with van der Waals surface area (Å²) in [7, 11) is 0. The number of carbonyl (C=O) groups is 2. The van der Waals surface area contributed by atoms with Crippen molar-refractivity contribution in [3.05, 3.63) is 34.4 Å². The second-order valence-electron chi connectivity index (χ2n) is 8.68. The van der Waals surface area contributed by atoms with Gasteiger partial charge in [-0.15, -0.1) is 0 Å².